The van der Waals surface area contributed by atoms with E-state index in [2.05, 4.69) is 0 Å². The van der Waals surface area contributed by atoms with Gasteiger partial charge in [0, 0.05) is 0 Å². The zero-order valence-corrected chi connectivity index (χ0v) is 6.84. The molecule has 1 saturated carbocycles. The van der Waals surface area contributed by atoms with Crippen LogP contribution in [0, 0.1) is 0 Å². The molecule has 66 valence electrons. The van der Waals surface area contributed by atoms with Gasteiger partial charge in [-0.2, -0.15) is 8.42 Å². The van der Waals surface area contributed by atoms with Crippen LogP contribution in [0.3, 0.4) is 0 Å². The van der Waals surface area contributed by atoms with Crippen LogP contribution in [0.5, 0.6) is 0 Å². The van der Waals surface area contributed by atoms with Gasteiger partial charge in [-0.25, -0.2) is 0 Å². The first-order chi connectivity index (χ1) is 4.84. The molecule has 0 radical (unpaired) electrons. The number of nitrogens with two attached hydrogens (primary N) is 2. The maximum Gasteiger partial charge on any atom is 0.270 e. The van der Waals surface area contributed by atoms with Crippen molar-refractivity contribution < 1.29 is 13.0 Å². The molecule has 1 atom stereocenters. The SMILES string of the molecule is NC1(N)CCCC1S(=O)(=O)O. The van der Waals surface area contributed by atoms with Crippen molar-refractivity contribution in [3.8, 4) is 0 Å². The van der Waals surface area contributed by atoms with Crippen LogP contribution in [0.4, 0.5) is 0 Å². The van der Waals surface area contributed by atoms with Crippen LogP contribution < -0.4 is 11.5 Å². The molecule has 1 aliphatic rings. The molecule has 5 nitrogen and oxygen atoms in total. The minimum atomic E-state index is -4.06. The maximum absolute atomic E-state index is 10.6. The van der Waals surface area contributed by atoms with Crippen molar-refractivity contribution in [2.75, 3.05) is 0 Å². The van der Waals surface area contributed by atoms with Crippen molar-refractivity contribution >= 4 is 10.1 Å². The third-order valence-electron chi connectivity index (χ3n) is 2.04. The van der Waals surface area contributed by atoms with Crippen LogP contribution in [0.1, 0.15) is 19.3 Å². The minimum absolute atomic E-state index is 0.353. The van der Waals surface area contributed by atoms with E-state index in [1.54, 1.807) is 0 Å². The summed E-state index contributed by atoms with van der Waals surface area (Å²) in [6.07, 6.45) is 1.45. The largest absolute Gasteiger partial charge is 0.312 e. The fourth-order valence-corrected chi connectivity index (χ4v) is 2.59. The first kappa shape index (κ1) is 8.92. The van der Waals surface area contributed by atoms with Gasteiger partial charge in [0.1, 0.15) is 5.25 Å². The van der Waals surface area contributed by atoms with E-state index < -0.39 is 21.0 Å². The van der Waals surface area contributed by atoms with Crippen molar-refractivity contribution in [3.05, 3.63) is 0 Å². The summed E-state index contributed by atoms with van der Waals surface area (Å²) in [6.45, 7) is 0. The molecule has 11 heavy (non-hydrogen) atoms. The van der Waals surface area contributed by atoms with Crippen LogP contribution in [0.25, 0.3) is 0 Å². The highest BCUT2D eigenvalue weighted by Crippen LogP contribution is 2.28. The Morgan fingerprint density at radius 3 is 2.18 bits per heavy atom. The molecular weight excluding hydrogens is 168 g/mol. The summed E-state index contributed by atoms with van der Waals surface area (Å²) in [5, 5.41) is -0.991. The van der Waals surface area contributed by atoms with E-state index in [-0.39, 0.29) is 0 Å². The first-order valence-corrected chi connectivity index (χ1v) is 4.88. The zero-order valence-electron chi connectivity index (χ0n) is 6.03. The Kier molecular flexibility index (Phi) is 1.96. The second-order valence-electron chi connectivity index (χ2n) is 3.01. The summed E-state index contributed by atoms with van der Waals surface area (Å²) >= 11 is 0. The third-order valence-corrected chi connectivity index (χ3v) is 3.43. The maximum atomic E-state index is 10.6. The van der Waals surface area contributed by atoms with Crippen LogP contribution in [-0.4, -0.2) is 23.9 Å². The molecule has 0 heterocycles. The average molecular weight is 180 g/mol. The van der Waals surface area contributed by atoms with E-state index in [9.17, 15) is 8.42 Å². The van der Waals surface area contributed by atoms with Gasteiger partial charge in [-0.05, 0) is 19.3 Å². The van der Waals surface area contributed by atoms with Gasteiger partial charge in [-0.3, -0.25) is 4.55 Å². The highest BCUT2D eigenvalue weighted by atomic mass is 32.2. The lowest BCUT2D eigenvalue weighted by molar-refractivity contribution is 0.408. The van der Waals surface area contributed by atoms with E-state index >= 15 is 0 Å². The molecule has 1 aliphatic carbocycles. The van der Waals surface area contributed by atoms with Crippen molar-refractivity contribution in [3.63, 3.8) is 0 Å². The van der Waals surface area contributed by atoms with E-state index in [0.717, 1.165) is 0 Å². The van der Waals surface area contributed by atoms with Gasteiger partial charge in [0.05, 0.1) is 5.66 Å². The van der Waals surface area contributed by atoms with Crippen molar-refractivity contribution in [2.24, 2.45) is 11.5 Å². The summed E-state index contributed by atoms with van der Waals surface area (Å²) in [5.41, 5.74) is 9.65. The van der Waals surface area contributed by atoms with Crippen molar-refractivity contribution in [2.45, 2.75) is 30.2 Å². The number of hydrogen-bond donors (Lipinski definition) is 3. The molecule has 1 rings (SSSR count). The summed E-state index contributed by atoms with van der Waals surface area (Å²) in [4.78, 5) is 0. The average Bonchev–Trinajstić information content (AvgIpc) is 2.06. The normalized spacial score (nSPS) is 30.6. The highest BCUT2D eigenvalue weighted by molar-refractivity contribution is 7.86. The van der Waals surface area contributed by atoms with Crippen LogP contribution in [-0.2, 0) is 10.1 Å². The Balaban J connectivity index is 2.91. The Bertz CT molecular complexity index is 246. The molecule has 0 aliphatic heterocycles. The summed E-state index contributed by atoms with van der Waals surface area (Å²) in [7, 11) is -4.06. The smallest absolute Gasteiger partial charge is 0.270 e. The van der Waals surface area contributed by atoms with Gasteiger partial charge < -0.3 is 11.5 Å². The topological polar surface area (TPSA) is 106 Å². The molecule has 0 amide bonds. The molecule has 1 fully saturated rings. The third kappa shape index (κ3) is 1.70. The summed E-state index contributed by atoms with van der Waals surface area (Å²) in [5.74, 6) is 0. The van der Waals surface area contributed by atoms with Gasteiger partial charge in [0.15, 0.2) is 0 Å². The van der Waals surface area contributed by atoms with E-state index in [0.29, 0.717) is 19.3 Å². The minimum Gasteiger partial charge on any atom is -0.312 e. The molecule has 5 N–H and O–H groups in total. The fraction of sp³-hybridized carbons (Fsp3) is 1.00. The predicted molar refractivity (Wildman–Crippen MR) is 40.3 cm³/mol. The molecule has 6 heteroatoms. The predicted octanol–water partition coefficient (Wildman–Crippen LogP) is -0.960. The quantitative estimate of drug-likeness (QED) is 0.356. The van der Waals surface area contributed by atoms with Crippen LogP contribution in [0.15, 0.2) is 0 Å². The standard InChI is InChI=1S/C5H12N2O3S/c6-5(7)3-1-2-4(5)11(8,9)10/h4H,1-3,6-7H2,(H,8,9,10). The molecule has 0 aromatic rings. The number of hydrogen-bond acceptors (Lipinski definition) is 4. The number of rotatable bonds is 1. The van der Waals surface area contributed by atoms with Gasteiger partial charge in [-0.1, -0.05) is 0 Å². The Morgan fingerprint density at radius 1 is 1.45 bits per heavy atom. The first-order valence-electron chi connectivity index (χ1n) is 3.38. The molecule has 0 bridgehead atoms. The van der Waals surface area contributed by atoms with Crippen molar-refractivity contribution in [1.29, 1.82) is 0 Å². The molecule has 0 spiro atoms. The van der Waals surface area contributed by atoms with E-state index in [1.807, 2.05) is 0 Å². The van der Waals surface area contributed by atoms with Gasteiger partial charge in [0.25, 0.3) is 10.1 Å². The second-order valence-corrected chi connectivity index (χ2v) is 4.61. The summed E-state index contributed by atoms with van der Waals surface area (Å²) in [6, 6.07) is 0. The second kappa shape index (κ2) is 2.41. The molecule has 0 aromatic heterocycles. The summed E-state index contributed by atoms with van der Waals surface area (Å²) < 4.78 is 30.0. The molecule has 0 aromatic carbocycles. The highest BCUT2D eigenvalue weighted by Gasteiger charge is 2.43. The van der Waals surface area contributed by atoms with Crippen molar-refractivity contribution in [1.82, 2.24) is 0 Å². The molecular formula is C5H12N2O3S. The zero-order chi connectivity index (χ0) is 8.70. The van der Waals surface area contributed by atoms with Gasteiger partial charge in [0.2, 0.25) is 0 Å². The van der Waals surface area contributed by atoms with Gasteiger partial charge >= 0.3 is 0 Å². The van der Waals surface area contributed by atoms with Crippen LogP contribution >= 0.6 is 0 Å². The fourth-order valence-electron chi connectivity index (χ4n) is 1.45. The van der Waals surface area contributed by atoms with Gasteiger partial charge in [-0.15, -0.1) is 0 Å². The molecule has 0 saturated heterocycles. The van der Waals surface area contributed by atoms with E-state index in [1.165, 1.54) is 0 Å². The monoisotopic (exact) mass is 180 g/mol. The lowest BCUT2D eigenvalue weighted by Gasteiger charge is -2.23. The van der Waals surface area contributed by atoms with Crippen LogP contribution in [0.2, 0.25) is 0 Å². The molecule has 1 unspecified atom stereocenters. The lowest BCUT2D eigenvalue weighted by Crippen LogP contribution is -2.57. The Hall–Kier alpha value is -0.170. The Morgan fingerprint density at radius 2 is 2.00 bits per heavy atom. The Labute approximate surface area is 65.5 Å². The van der Waals surface area contributed by atoms with E-state index in [4.69, 9.17) is 16.0 Å². The lowest BCUT2D eigenvalue weighted by atomic mass is 10.2.